The predicted molar refractivity (Wildman–Crippen MR) is 180 cm³/mol. The molecule has 3 aromatic carbocycles. The summed E-state index contributed by atoms with van der Waals surface area (Å²) in [5.74, 6) is -4.55. The zero-order valence-corrected chi connectivity index (χ0v) is 28.9. The summed E-state index contributed by atoms with van der Waals surface area (Å²) in [5.41, 5.74) is -7.62. The van der Waals surface area contributed by atoms with E-state index in [0.29, 0.717) is 0 Å². The molecule has 9 atom stereocenters. The lowest BCUT2D eigenvalue weighted by Gasteiger charge is -2.68. The fourth-order valence-corrected chi connectivity index (χ4v) is 7.90. The minimum absolute atomic E-state index is 0.114. The lowest BCUT2D eigenvalue weighted by atomic mass is 9.44. The molecule has 3 N–H and O–H groups in total. The van der Waals surface area contributed by atoms with Crippen LogP contribution in [0, 0.1) is 16.7 Å². The molecule has 0 aliphatic heterocycles. The largest absolute Gasteiger partial charge is 0.459 e. The fourth-order valence-electron chi connectivity index (χ4n) is 7.90. The van der Waals surface area contributed by atoms with Crippen LogP contribution in [0.3, 0.4) is 0 Å². The summed E-state index contributed by atoms with van der Waals surface area (Å²) < 4.78 is 24.1. The molecule has 0 bridgehead atoms. The van der Waals surface area contributed by atoms with Gasteiger partial charge < -0.3 is 34.3 Å². The van der Waals surface area contributed by atoms with Gasteiger partial charge in [0.1, 0.15) is 23.9 Å². The highest BCUT2D eigenvalue weighted by Gasteiger charge is 2.81. The first-order valence-electron chi connectivity index (χ1n) is 16.5. The maximum Gasteiger partial charge on any atom is 0.338 e. The zero-order chi connectivity index (χ0) is 36.6. The highest BCUT2D eigenvalue weighted by Crippen LogP contribution is 2.63. The molecule has 0 radical (unpaired) electrons. The van der Waals surface area contributed by atoms with Crippen molar-refractivity contribution in [1.82, 2.24) is 0 Å². The van der Waals surface area contributed by atoms with Crippen LogP contribution in [0.25, 0.3) is 0 Å². The summed E-state index contributed by atoms with van der Waals surface area (Å²) in [6.45, 7) is 9.02. The average Bonchev–Trinajstić information content (AvgIpc) is 3.07. The average molecular weight is 689 g/mol. The maximum atomic E-state index is 13.8. The van der Waals surface area contributed by atoms with Crippen molar-refractivity contribution in [2.45, 2.75) is 89.7 Å². The second-order valence-corrected chi connectivity index (χ2v) is 14.6. The topological polar surface area (TPSA) is 166 Å². The number of carbonyl (C=O) groups excluding carboxylic acids is 4. The van der Waals surface area contributed by atoms with Gasteiger partial charge in [0.15, 0.2) is 6.10 Å². The predicted octanol–water partition coefficient (Wildman–Crippen LogP) is 4.52. The van der Waals surface area contributed by atoms with Crippen molar-refractivity contribution in [2.75, 3.05) is 0 Å². The number of esters is 4. The van der Waals surface area contributed by atoms with Crippen LogP contribution in [0.5, 0.6) is 0 Å². The summed E-state index contributed by atoms with van der Waals surface area (Å²) >= 11 is 0. The fraction of sp³-hybridized carbons (Fsp3) is 0.436. The van der Waals surface area contributed by atoms with Crippen LogP contribution in [0.1, 0.15) is 79.0 Å². The molecule has 2 fully saturated rings. The number of hydrogen-bond donors (Lipinski definition) is 3. The summed E-state index contributed by atoms with van der Waals surface area (Å²) in [5, 5.41) is 38.0. The highest BCUT2D eigenvalue weighted by molar-refractivity contribution is 5.91. The van der Waals surface area contributed by atoms with Gasteiger partial charge in [-0.15, -0.1) is 0 Å². The molecule has 2 aliphatic carbocycles. The lowest BCUT2D eigenvalue weighted by Crippen LogP contribution is -2.86. The molecule has 2 aliphatic rings. The summed E-state index contributed by atoms with van der Waals surface area (Å²) in [6.07, 6.45) is -8.69. The van der Waals surface area contributed by atoms with Crippen molar-refractivity contribution in [3.05, 3.63) is 108 Å². The van der Waals surface area contributed by atoms with E-state index < -0.39 is 88.8 Å². The van der Waals surface area contributed by atoms with Gasteiger partial charge in [0, 0.05) is 19.3 Å². The van der Waals surface area contributed by atoms with Crippen molar-refractivity contribution in [3.8, 4) is 0 Å². The number of aliphatic hydroxyl groups is 3. The number of ether oxygens (including phenoxy) is 4. The SMILES string of the molecule is CC(=O)O[C@@H]1[C@H](C(C)(C)C)[C@H](O)[C@H](OC(=O)c2ccccc2)[C@]2(C)[C@@H](OC(=O)c3ccccc3)[C@@H](OC(=O)c3ccccc3)C[C@](C)(O)[C@@]12O. The van der Waals surface area contributed by atoms with E-state index in [1.807, 2.05) is 0 Å². The first-order valence-corrected chi connectivity index (χ1v) is 16.5. The first-order chi connectivity index (χ1) is 23.4. The van der Waals surface area contributed by atoms with Crippen LogP contribution in [0.4, 0.5) is 0 Å². The van der Waals surface area contributed by atoms with Crippen LogP contribution >= 0.6 is 0 Å². The Kier molecular flexibility index (Phi) is 9.99. The Balaban J connectivity index is 1.76. The number of rotatable bonds is 7. The Labute approximate surface area is 291 Å². The van der Waals surface area contributed by atoms with E-state index in [-0.39, 0.29) is 16.7 Å². The number of carbonyl (C=O) groups is 4. The second-order valence-electron chi connectivity index (χ2n) is 14.6. The molecule has 0 spiro atoms. The number of aliphatic hydroxyl groups excluding tert-OH is 1. The van der Waals surface area contributed by atoms with Crippen LogP contribution < -0.4 is 0 Å². The van der Waals surface area contributed by atoms with Crippen LogP contribution in [-0.4, -0.2) is 80.9 Å². The quantitative estimate of drug-likeness (QED) is 0.236. The molecular formula is C39H44O11. The molecule has 11 heteroatoms. The van der Waals surface area contributed by atoms with Crippen molar-refractivity contribution >= 4 is 23.9 Å². The highest BCUT2D eigenvalue weighted by atomic mass is 16.6. The van der Waals surface area contributed by atoms with Crippen molar-refractivity contribution < 1.29 is 53.4 Å². The van der Waals surface area contributed by atoms with Gasteiger partial charge in [-0.05, 0) is 55.7 Å². The van der Waals surface area contributed by atoms with Gasteiger partial charge in [0.2, 0.25) is 0 Å². The molecule has 50 heavy (non-hydrogen) atoms. The normalized spacial score (nSPS) is 32.2. The third kappa shape index (κ3) is 6.41. The first kappa shape index (κ1) is 36.7. The third-order valence-electron chi connectivity index (χ3n) is 10.2. The Morgan fingerprint density at radius 1 is 0.640 bits per heavy atom. The maximum absolute atomic E-state index is 13.8. The number of hydrogen-bond acceptors (Lipinski definition) is 11. The Bertz CT molecular complexity index is 1700. The molecular weight excluding hydrogens is 644 g/mol. The molecule has 11 nitrogen and oxygen atoms in total. The molecule has 0 amide bonds. The third-order valence-corrected chi connectivity index (χ3v) is 10.2. The van der Waals surface area contributed by atoms with Gasteiger partial charge in [-0.2, -0.15) is 0 Å². The van der Waals surface area contributed by atoms with Crippen LogP contribution in [0.2, 0.25) is 0 Å². The molecule has 2 saturated carbocycles. The Morgan fingerprint density at radius 2 is 1.04 bits per heavy atom. The number of fused-ring (bicyclic) bond motifs is 1. The minimum Gasteiger partial charge on any atom is -0.459 e. The van der Waals surface area contributed by atoms with E-state index >= 15 is 0 Å². The van der Waals surface area contributed by atoms with E-state index in [4.69, 9.17) is 18.9 Å². The van der Waals surface area contributed by atoms with Crippen molar-refractivity contribution in [1.29, 1.82) is 0 Å². The van der Waals surface area contributed by atoms with Crippen molar-refractivity contribution in [2.24, 2.45) is 16.7 Å². The van der Waals surface area contributed by atoms with Crippen LogP contribution in [-0.2, 0) is 23.7 Å². The van der Waals surface area contributed by atoms with Crippen molar-refractivity contribution in [3.63, 3.8) is 0 Å². The van der Waals surface area contributed by atoms with Crippen LogP contribution in [0.15, 0.2) is 91.0 Å². The smallest absolute Gasteiger partial charge is 0.338 e. The monoisotopic (exact) mass is 688 g/mol. The van der Waals surface area contributed by atoms with Gasteiger partial charge in [-0.1, -0.05) is 75.4 Å². The van der Waals surface area contributed by atoms with Gasteiger partial charge >= 0.3 is 23.9 Å². The molecule has 0 unspecified atom stereocenters. The van der Waals surface area contributed by atoms with Gasteiger partial charge in [-0.3, -0.25) is 4.79 Å². The van der Waals surface area contributed by atoms with E-state index in [0.717, 1.165) is 6.92 Å². The summed E-state index contributed by atoms with van der Waals surface area (Å²) in [6, 6.07) is 23.9. The van der Waals surface area contributed by atoms with Gasteiger partial charge in [0.05, 0.1) is 33.8 Å². The molecule has 266 valence electrons. The second kappa shape index (κ2) is 13.6. The molecule has 0 heterocycles. The van der Waals surface area contributed by atoms with E-state index in [2.05, 4.69) is 0 Å². The van der Waals surface area contributed by atoms with Gasteiger partial charge in [0.25, 0.3) is 0 Å². The lowest BCUT2D eigenvalue weighted by molar-refractivity contribution is -0.375. The zero-order valence-electron chi connectivity index (χ0n) is 28.9. The molecule has 5 rings (SSSR count). The van der Waals surface area contributed by atoms with E-state index in [1.165, 1.54) is 50.2 Å². The van der Waals surface area contributed by atoms with E-state index in [9.17, 15) is 34.5 Å². The van der Waals surface area contributed by atoms with E-state index in [1.54, 1.807) is 75.4 Å². The molecule has 0 saturated heterocycles. The van der Waals surface area contributed by atoms with Gasteiger partial charge in [-0.25, -0.2) is 14.4 Å². The summed E-state index contributed by atoms with van der Waals surface area (Å²) in [7, 11) is 0. The number of benzene rings is 3. The Morgan fingerprint density at radius 3 is 1.44 bits per heavy atom. The molecule has 0 aromatic heterocycles. The minimum atomic E-state index is -2.60. The summed E-state index contributed by atoms with van der Waals surface area (Å²) in [4.78, 5) is 53.9. The molecule has 3 aromatic rings. The Hall–Kier alpha value is -4.58. The standard InChI is InChI=1S/C39H44O11/c1-23(40)47-31-28(36(2,3)4)29(41)32(50-35(44)26-20-14-9-15-21-26)38(6)30(49-34(43)25-18-12-8-13-19-25)27(22-37(5,45)39(31,38)46)48-33(42)24-16-10-7-11-17-24/h7-21,27-32,41,45-46H,22H2,1-6H3/t27-,28+,29-,30-,31+,32-,37-,38-,39-/m0/s1.